The van der Waals surface area contributed by atoms with Crippen molar-refractivity contribution in [3.05, 3.63) is 0 Å². The van der Waals surface area contributed by atoms with Gasteiger partial charge in [-0.1, -0.05) is 0 Å². The molecule has 0 radical (unpaired) electrons. The lowest BCUT2D eigenvalue weighted by molar-refractivity contribution is -0.153. The van der Waals surface area contributed by atoms with Gasteiger partial charge in [0.1, 0.15) is 0 Å². The zero-order valence-corrected chi connectivity index (χ0v) is 7.28. The van der Waals surface area contributed by atoms with Crippen molar-refractivity contribution in [2.45, 2.75) is 25.7 Å². The van der Waals surface area contributed by atoms with E-state index in [4.69, 9.17) is 0 Å². The lowest BCUT2D eigenvalue weighted by atomic mass is 10.4. The van der Waals surface area contributed by atoms with Crippen LogP contribution in [0.5, 0.6) is 0 Å². The number of ether oxygens (including phenoxy) is 2. The van der Waals surface area contributed by atoms with Crippen LogP contribution < -0.4 is 0 Å². The Hall–Kier alpha value is -1.72. The van der Waals surface area contributed by atoms with Gasteiger partial charge in [-0.05, 0) is 0 Å². The average Bonchev–Trinajstić information content (AvgIpc) is 2.63. The fourth-order valence-electron chi connectivity index (χ4n) is 0.866. The average molecular weight is 200 g/mol. The van der Waals surface area contributed by atoms with E-state index in [9.17, 15) is 19.2 Å². The van der Waals surface area contributed by atoms with Gasteiger partial charge in [0, 0.05) is 0 Å². The molecular weight excluding hydrogens is 192 g/mol. The normalized spacial score (nSPS) is 20.0. The molecule has 0 aliphatic carbocycles. The Kier molecular flexibility index (Phi) is 3.33. The highest BCUT2D eigenvalue weighted by molar-refractivity contribution is 5.93. The monoisotopic (exact) mass is 200 g/mol. The Morgan fingerprint density at radius 2 is 0.786 bits per heavy atom. The van der Waals surface area contributed by atoms with Gasteiger partial charge < -0.3 is 9.47 Å². The third-order valence-corrected chi connectivity index (χ3v) is 1.52. The summed E-state index contributed by atoms with van der Waals surface area (Å²) in [7, 11) is 0. The molecule has 0 unspecified atom stereocenters. The molecule has 2 heterocycles. The topological polar surface area (TPSA) is 86.7 Å². The quantitative estimate of drug-likeness (QED) is 0.394. The number of cyclic esters (lactones) is 4. The van der Waals surface area contributed by atoms with Crippen LogP contribution in [0.2, 0.25) is 0 Å². The Balaban J connectivity index is 0.000000140. The first kappa shape index (κ1) is 10.4. The number of esters is 4. The molecule has 0 aromatic heterocycles. The summed E-state index contributed by atoms with van der Waals surface area (Å²) in [6.07, 6.45) is 1.05. The van der Waals surface area contributed by atoms with Gasteiger partial charge in [-0.3, -0.25) is 19.2 Å². The van der Waals surface area contributed by atoms with Gasteiger partial charge in [-0.2, -0.15) is 0 Å². The molecule has 0 N–H and O–H groups in total. The molecule has 2 aliphatic heterocycles. The molecule has 2 fully saturated rings. The van der Waals surface area contributed by atoms with E-state index in [-0.39, 0.29) is 25.7 Å². The molecule has 0 spiro atoms. The van der Waals surface area contributed by atoms with Gasteiger partial charge in [0.25, 0.3) is 0 Å². The van der Waals surface area contributed by atoms with E-state index in [1.165, 1.54) is 0 Å². The molecule has 0 atom stereocenters. The number of hydrogen-bond donors (Lipinski definition) is 0. The Labute approximate surface area is 79.2 Å². The van der Waals surface area contributed by atoms with Crippen LogP contribution in [0.4, 0.5) is 0 Å². The summed E-state index contributed by atoms with van der Waals surface area (Å²) in [6.45, 7) is 0. The van der Waals surface area contributed by atoms with E-state index in [1.807, 2.05) is 0 Å². The van der Waals surface area contributed by atoms with Gasteiger partial charge >= 0.3 is 23.9 Å². The zero-order chi connectivity index (χ0) is 10.6. The molecule has 2 aliphatic rings. The second-order valence-electron chi connectivity index (χ2n) is 2.69. The largest absolute Gasteiger partial charge is 0.393 e. The maximum atomic E-state index is 10.0. The van der Waals surface area contributed by atoms with Crippen molar-refractivity contribution < 1.29 is 28.7 Å². The van der Waals surface area contributed by atoms with Crippen LogP contribution in [0.25, 0.3) is 0 Å². The molecule has 6 nitrogen and oxygen atoms in total. The lowest BCUT2D eigenvalue weighted by Gasteiger charge is -1.79. The molecular formula is C8H8O6. The summed E-state index contributed by atoms with van der Waals surface area (Å²) in [6, 6.07) is 0. The first-order valence-electron chi connectivity index (χ1n) is 4.05. The lowest BCUT2D eigenvalue weighted by Crippen LogP contribution is -1.95. The first-order valence-corrected chi connectivity index (χ1v) is 4.05. The maximum absolute atomic E-state index is 10.0. The molecule has 0 aromatic carbocycles. The highest BCUT2D eigenvalue weighted by Gasteiger charge is 2.19. The predicted octanol–water partition coefficient (Wildman–Crippen LogP) is -0.300. The van der Waals surface area contributed by atoms with Gasteiger partial charge in [-0.15, -0.1) is 0 Å². The Bertz CT molecular complexity index is 234. The van der Waals surface area contributed by atoms with Gasteiger partial charge in [0.2, 0.25) is 0 Å². The third-order valence-electron chi connectivity index (χ3n) is 1.52. The van der Waals surface area contributed by atoms with E-state index in [1.54, 1.807) is 0 Å². The van der Waals surface area contributed by atoms with Crippen molar-refractivity contribution >= 4 is 23.9 Å². The fourth-order valence-corrected chi connectivity index (χ4v) is 0.866. The number of rotatable bonds is 0. The van der Waals surface area contributed by atoms with E-state index in [2.05, 4.69) is 9.47 Å². The predicted molar refractivity (Wildman–Crippen MR) is 40.7 cm³/mol. The van der Waals surface area contributed by atoms with Crippen LogP contribution >= 0.6 is 0 Å². The molecule has 2 rings (SSSR count). The minimum Gasteiger partial charge on any atom is -0.393 e. The van der Waals surface area contributed by atoms with Crippen LogP contribution in [-0.4, -0.2) is 23.9 Å². The van der Waals surface area contributed by atoms with E-state index in [0.29, 0.717) is 0 Å². The summed E-state index contributed by atoms with van der Waals surface area (Å²) in [5.41, 5.74) is 0. The standard InChI is InChI=1S/2C4H4O3/c2*5-3-1-2-4(6)7-3/h2*1-2H2. The van der Waals surface area contributed by atoms with Crippen LogP contribution in [0.15, 0.2) is 0 Å². The minimum absolute atomic E-state index is 0.263. The van der Waals surface area contributed by atoms with Gasteiger partial charge in [-0.25, -0.2) is 0 Å². The third kappa shape index (κ3) is 3.34. The second kappa shape index (κ2) is 4.50. The Morgan fingerprint density at radius 1 is 0.571 bits per heavy atom. The summed E-state index contributed by atoms with van der Waals surface area (Å²) < 4.78 is 8.17. The molecule has 76 valence electrons. The van der Waals surface area contributed by atoms with Crippen molar-refractivity contribution in [1.82, 2.24) is 0 Å². The highest BCUT2D eigenvalue weighted by atomic mass is 16.6. The van der Waals surface area contributed by atoms with Crippen molar-refractivity contribution in [3.63, 3.8) is 0 Å². The number of carbonyl (C=O) groups is 4. The van der Waals surface area contributed by atoms with Gasteiger partial charge in [0.05, 0.1) is 25.7 Å². The van der Waals surface area contributed by atoms with Crippen molar-refractivity contribution in [2.75, 3.05) is 0 Å². The molecule has 0 aromatic rings. The van der Waals surface area contributed by atoms with E-state index in [0.717, 1.165) is 0 Å². The Morgan fingerprint density at radius 3 is 0.857 bits per heavy atom. The van der Waals surface area contributed by atoms with Crippen LogP contribution in [0.3, 0.4) is 0 Å². The SMILES string of the molecule is O=C1CCC(=O)O1.O=C1CCC(=O)O1. The summed E-state index contributed by atoms with van der Waals surface area (Å²) >= 11 is 0. The zero-order valence-electron chi connectivity index (χ0n) is 7.28. The molecule has 0 bridgehead atoms. The molecule has 0 amide bonds. The molecule has 0 saturated carbocycles. The van der Waals surface area contributed by atoms with Crippen LogP contribution in [-0.2, 0) is 28.7 Å². The molecule has 14 heavy (non-hydrogen) atoms. The fraction of sp³-hybridized carbons (Fsp3) is 0.500. The summed E-state index contributed by atoms with van der Waals surface area (Å²) in [4.78, 5) is 40.0. The second-order valence-corrected chi connectivity index (χ2v) is 2.69. The number of carbonyl (C=O) groups excluding carboxylic acids is 4. The van der Waals surface area contributed by atoms with Crippen molar-refractivity contribution in [1.29, 1.82) is 0 Å². The maximum Gasteiger partial charge on any atom is 0.314 e. The van der Waals surface area contributed by atoms with Crippen molar-refractivity contribution in [3.8, 4) is 0 Å². The van der Waals surface area contributed by atoms with Crippen LogP contribution in [0, 0.1) is 0 Å². The van der Waals surface area contributed by atoms with E-state index < -0.39 is 23.9 Å². The highest BCUT2D eigenvalue weighted by Crippen LogP contribution is 2.04. The number of hydrogen-bond acceptors (Lipinski definition) is 6. The van der Waals surface area contributed by atoms with Crippen molar-refractivity contribution in [2.24, 2.45) is 0 Å². The smallest absolute Gasteiger partial charge is 0.314 e. The molecule has 6 heteroatoms. The van der Waals surface area contributed by atoms with Crippen LogP contribution in [0.1, 0.15) is 25.7 Å². The van der Waals surface area contributed by atoms with E-state index >= 15 is 0 Å². The summed E-state index contributed by atoms with van der Waals surface area (Å²) in [5.74, 6) is -1.59. The first-order chi connectivity index (χ1) is 6.58. The van der Waals surface area contributed by atoms with Gasteiger partial charge in [0.15, 0.2) is 0 Å². The molecule has 2 saturated heterocycles. The summed E-state index contributed by atoms with van der Waals surface area (Å²) in [5, 5.41) is 0. The minimum atomic E-state index is -0.398.